The van der Waals surface area contributed by atoms with Gasteiger partial charge in [-0.3, -0.25) is 14.6 Å². The first kappa shape index (κ1) is 14.5. The molecule has 1 aliphatic heterocycles. The number of hydrogen-bond acceptors (Lipinski definition) is 4. The Kier molecular flexibility index (Phi) is 4.02. The van der Waals surface area contributed by atoms with Crippen LogP contribution in [0.1, 0.15) is 22.0 Å². The molecular weight excluding hydrogens is 280 g/mol. The Morgan fingerprint density at radius 3 is 3.00 bits per heavy atom. The largest absolute Gasteiger partial charge is 0.329 e. The minimum atomic E-state index is -0.182. The maximum Gasteiger partial charge on any atom is 0.254 e. The zero-order valence-electron chi connectivity index (χ0n) is 12.4. The van der Waals surface area contributed by atoms with Crippen LogP contribution in [0.2, 0.25) is 0 Å². The van der Waals surface area contributed by atoms with Crippen LogP contribution in [0.3, 0.4) is 0 Å². The molecule has 6 heteroatoms. The van der Waals surface area contributed by atoms with Crippen LogP contribution in [0.15, 0.2) is 47.7 Å². The van der Waals surface area contributed by atoms with Gasteiger partial charge >= 0.3 is 0 Å². The molecule has 1 saturated heterocycles. The van der Waals surface area contributed by atoms with E-state index in [1.807, 2.05) is 17.0 Å². The fourth-order valence-electron chi connectivity index (χ4n) is 2.67. The second-order valence-electron chi connectivity index (χ2n) is 5.37. The Hall–Kier alpha value is -2.47. The van der Waals surface area contributed by atoms with E-state index in [2.05, 4.69) is 10.3 Å². The van der Waals surface area contributed by atoms with Crippen molar-refractivity contribution in [3.8, 4) is 0 Å². The molecule has 0 spiro atoms. The number of piperazine rings is 1. The van der Waals surface area contributed by atoms with Crippen LogP contribution in [-0.2, 0) is 7.05 Å². The smallest absolute Gasteiger partial charge is 0.254 e. The summed E-state index contributed by atoms with van der Waals surface area (Å²) in [6.45, 7) is 2.03. The lowest BCUT2D eigenvalue weighted by molar-refractivity contribution is 0.0633. The van der Waals surface area contributed by atoms with E-state index < -0.39 is 0 Å². The van der Waals surface area contributed by atoms with Gasteiger partial charge < -0.3 is 14.8 Å². The number of carbonyl (C=O) groups is 1. The molecule has 114 valence electrons. The Morgan fingerprint density at radius 1 is 1.41 bits per heavy atom. The maximum atomic E-state index is 12.8. The van der Waals surface area contributed by atoms with Crippen molar-refractivity contribution in [3.63, 3.8) is 0 Å². The standard InChI is InChI=1S/C16H18N4O2/c1-19-7-4-12(9-15(19)21)16(22)20-8-6-18-11-14(20)13-3-2-5-17-10-13/h2-5,7,9-10,14,18H,6,8,11H2,1H3. The van der Waals surface area contributed by atoms with Gasteiger partial charge in [-0.1, -0.05) is 6.07 Å². The first-order valence-corrected chi connectivity index (χ1v) is 7.25. The Labute approximate surface area is 128 Å². The summed E-state index contributed by atoms with van der Waals surface area (Å²) in [5.41, 5.74) is 1.24. The number of nitrogens with one attached hydrogen (secondary N) is 1. The molecule has 2 aromatic rings. The molecule has 6 nitrogen and oxygen atoms in total. The van der Waals surface area contributed by atoms with E-state index in [0.717, 1.165) is 12.1 Å². The summed E-state index contributed by atoms with van der Waals surface area (Å²) < 4.78 is 1.45. The Balaban J connectivity index is 1.91. The summed E-state index contributed by atoms with van der Waals surface area (Å²) in [7, 11) is 1.67. The van der Waals surface area contributed by atoms with Gasteiger partial charge in [0, 0.05) is 56.9 Å². The molecule has 3 heterocycles. The molecule has 2 aromatic heterocycles. The number of carbonyl (C=O) groups excluding carboxylic acids is 1. The minimum Gasteiger partial charge on any atom is -0.329 e. The number of aromatic nitrogens is 2. The average molecular weight is 298 g/mol. The van der Waals surface area contributed by atoms with E-state index in [0.29, 0.717) is 18.7 Å². The topological polar surface area (TPSA) is 67.2 Å². The van der Waals surface area contributed by atoms with Gasteiger partial charge in [0.15, 0.2) is 0 Å². The number of amides is 1. The second kappa shape index (κ2) is 6.11. The molecule has 1 fully saturated rings. The number of hydrogen-bond donors (Lipinski definition) is 1. The third-order valence-electron chi connectivity index (χ3n) is 3.92. The first-order valence-electron chi connectivity index (χ1n) is 7.25. The van der Waals surface area contributed by atoms with Gasteiger partial charge in [-0.05, 0) is 17.7 Å². The van der Waals surface area contributed by atoms with Crippen LogP contribution in [0.25, 0.3) is 0 Å². The van der Waals surface area contributed by atoms with Crippen LogP contribution < -0.4 is 10.9 Å². The van der Waals surface area contributed by atoms with Crippen molar-refractivity contribution in [2.24, 2.45) is 7.05 Å². The quantitative estimate of drug-likeness (QED) is 0.880. The highest BCUT2D eigenvalue weighted by molar-refractivity contribution is 5.94. The van der Waals surface area contributed by atoms with Gasteiger partial charge in [0.25, 0.3) is 11.5 Å². The van der Waals surface area contributed by atoms with Gasteiger partial charge in [0.05, 0.1) is 6.04 Å². The van der Waals surface area contributed by atoms with Crippen LogP contribution in [0.5, 0.6) is 0 Å². The van der Waals surface area contributed by atoms with Crippen molar-refractivity contribution in [1.29, 1.82) is 0 Å². The lowest BCUT2D eigenvalue weighted by atomic mass is 10.0. The van der Waals surface area contributed by atoms with E-state index >= 15 is 0 Å². The number of rotatable bonds is 2. The van der Waals surface area contributed by atoms with E-state index in [4.69, 9.17) is 0 Å². The van der Waals surface area contributed by atoms with Crippen LogP contribution in [0, 0.1) is 0 Å². The highest BCUT2D eigenvalue weighted by Crippen LogP contribution is 2.23. The molecule has 0 aliphatic carbocycles. The Morgan fingerprint density at radius 2 is 2.27 bits per heavy atom. The first-order chi connectivity index (χ1) is 10.7. The zero-order chi connectivity index (χ0) is 15.5. The van der Waals surface area contributed by atoms with Crippen molar-refractivity contribution in [2.75, 3.05) is 19.6 Å². The Bertz CT molecular complexity index is 726. The van der Waals surface area contributed by atoms with Crippen molar-refractivity contribution in [3.05, 3.63) is 64.3 Å². The minimum absolute atomic E-state index is 0.0704. The number of aryl methyl sites for hydroxylation is 1. The van der Waals surface area contributed by atoms with E-state index in [9.17, 15) is 9.59 Å². The van der Waals surface area contributed by atoms with Gasteiger partial charge in [-0.2, -0.15) is 0 Å². The zero-order valence-corrected chi connectivity index (χ0v) is 12.4. The third kappa shape index (κ3) is 2.78. The van der Waals surface area contributed by atoms with Crippen LogP contribution in [0.4, 0.5) is 0 Å². The number of nitrogens with zero attached hydrogens (tertiary/aromatic N) is 3. The lowest BCUT2D eigenvalue weighted by Crippen LogP contribution is -2.48. The monoisotopic (exact) mass is 298 g/mol. The summed E-state index contributed by atoms with van der Waals surface area (Å²) in [6, 6.07) is 6.84. The predicted octanol–water partition coefficient (Wildman–Crippen LogP) is 0.567. The molecule has 1 atom stereocenters. The van der Waals surface area contributed by atoms with Crippen molar-refractivity contribution in [1.82, 2.24) is 19.8 Å². The third-order valence-corrected chi connectivity index (χ3v) is 3.92. The van der Waals surface area contributed by atoms with Gasteiger partial charge in [-0.15, -0.1) is 0 Å². The lowest BCUT2D eigenvalue weighted by Gasteiger charge is -2.36. The molecule has 0 aromatic carbocycles. The van der Waals surface area contributed by atoms with Crippen molar-refractivity contribution < 1.29 is 4.79 Å². The van der Waals surface area contributed by atoms with Gasteiger partial charge in [0.2, 0.25) is 0 Å². The van der Waals surface area contributed by atoms with Crippen LogP contribution >= 0.6 is 0 Å². The summed E-state index contributed by atoms with van der Waals surface area (Å²) in [4.78, 5) is 30.5. The second-order valence-corrected chi connectivity index (χ2v) is 5.37. The molecule has 0 radical (unpaired) electrons. The van der Waals surface area contributed by atoms with Gasteiger partial charge in [0.1, 0.15) is 0 Å². The molecule has 3 rings (SSSR count). The molecular formula is C16H18N4O2. The van der Waals surface area contributed by atoms with E-state index in [-0.39, 0.29) is 17.5 Å². The molecule has 22 heavy (non-hydrogen) atoms. The molecule has 0 saturated carbocycles. The molecule has 1 N–H and O–H groups in total. The predicted molar refractivity (Wildman–Crippen MR) is 82.6 cm³/mol. The highest BCUT2D eigenvalue weighted by atomic mass is 16.2. The maximum absolute atomic E-state index is 12.8. The SMILES string of the molecule is Cn1ccc(C(=O)N2CCNCC2c2cccnc2)cc1=O. The van der Waals surface area contributed by atoms with Crippen molar-refractivity contribution in [2.45, 2.75) is 6.04 Å². The normalized spacial score (nSPS) is 18.2. The fraction of sp³-hybridized carbons (Fsp3) is 0.312. The molecule has 0 bridgehead atoms. The fourth-order valence-corrected chi connectivity index (χ4v) is 2.67. The summed E-state index contributed by atoms with van der Waals surface area (Å²) >= 11 is 0. The van der Waals surface area contributed by atoms with E-state index in [1.54, 1.807) is 31.7 Å². The molecule has 1 aliphatic rings. The highest BCUT2D eigenvalue weighted by Gasteiger charge is 2.28. The molecule has 1 amide bonds. The van der Waals surface area contributed by atoms with Crippen LogP contribution in [-0.4, -0.2) is 40.0 Å². The average Bonchev–Trinajstić information content (AvgIpc) is 2.57. The van der Waals surface area contributed by atoms with Gasteiger partial charge in [-0.25, -0.2) is 0 Å². The molecule has 1 unspecified atom stereocenters. The summed E-state index contributed by atoms with van der Waals surface area (Å²) in [6.07, 6.45) is 5.12. The summed E-state index contributed by atoms with van der Waals surface area (Å²) in [5, 5.41) is 3.30. The van der Waals surface area contributed by atoms with Crippen molar-refractivity contribution >= 4 is 5.91 Å². The number of pyridine rings is 2. The summed E-state index contributed by atoms with van der Waals surface area (Å²) in [5.74, 6) is -0.118. The van der Waals surface area contributed by atoms with E-state index in [1.165, 1.54) is 10.6 Å².